The molecule has 1 saturated carbocycles. The normalized spacial score (nSPS) is 26.3. The number of hydrogen-bond donors (Lipinski definition) is 0. The minimum Gasteiger partial charge on any atom is -0.362 e. The van der Waals surface area contributed by atoms with Gasteiger partial charge in [-0.2, -0.15) is 0 Å². The average Bonchev–Trinajstić information content (AvgIpc) is 2.94. The van der Waals surface area contributed by atoms with E-state index >= 15 is 0 Å². The lowest BCUT2D eigenvalue weighted by Crippen LogP contribution is -2.75. The van der Waals surface area contributed by atoms with Crippen LogP contribution in [0.4, 0.5) is 0 Å². The molecule has 0 unspecified atom stereocenters. The van der Waals surface area contributed by atoms with Gasteiger partial charge in [-0.05, 0) is 61.3 Å². The van der Waals surface area contributed by atoms with Crippen molar-refractivity contribution in [3.05, 3.63) is 114 Å². The number of likely N-dealkylation sites (tertiary alicyclic amines) is 1. The highest BCUT2D eigenvalue weighted by Crippen LogP contribution is 2.53. The van der Waals surface area contributed by atoms with Crippen molar-refractivity contribution in [3.63, 3.8) is 0 Å². The molecular weight excluding hydrogens is 478 g/mol. The lowest BCUT2D eigenvalue weighted by atomic mass is 9.65. The highest BCUT2D eigenvalue weighted by Gasteiger charge is 2.62. The standard InChI is InChI=1S/C36H43NO2/c1-5-15-31(29-18-11-7-12-19-29)34-36(30-20-13-8-14-21-30,39-25-28-16-9-6-10-17-28)26-37(34)35(3,4)32-23-22-27(2)24-33(32)38/h6-21,27,32,34H,5,22-26H2,1-4H3/b31-15+/t27-,32-,34+,36+/m1/s1. The largest absolute Gasteiger partial charge is 0.362 e. The summed E-state index contributed by atoms with van der Waals surface area (Å²) in [7, 11) is 0. The van der Waals surface area contributed by atoms with E-state index < -0.39 is 5.60 Å². The van der Waals surface area contributed by atoms with E-state index in [-0.39, 0.29) is 17.5 Å². The zero-order chi connectivity index (χ0) is 27.5. The molecule has 1 heterocycles. The Kier molecular flexibility index (Phi) is 8.21. The molecule has 0 N–H and O–H groups in total. The summed E-state index contributed by atoms with van der Waals surface area (Å²) in [6.07, 6.45) is 6.06. The summed E-state index contributed by atoms with van der Waals surface area (Å²) in [6, 6.07) is 31.9. The fraction of sp³-hybridized carbons (Fsp3) is 0.417. The van der Waals surface area contributed by atoms with Crippen LogP contribution in [0.2, 0.25) is 0 Å². The van der Waals surface area contributed by atoms with Gasteiger partial charge in [0.2, 0.25) is 0 Å². The topological polar surface area (TPSA) is 29.5 Å². The number of carbonyl (C=O) groups excluding carboxylic acids is 1. The van der Waals surface area contributed by atoms with E-state index in [1.54, 1.807) is 0 Å². The van der Waals surface area contributed by atoms with Gasteiger partial charge in [-0.25, -0.2) is 0 Å². The Labute approximate surface area is 234 Å². The van der Waals surface area contributed by atoms with Crippen LogP contribution >= 0.6 is 0 Å². The first-order chi connectivity index (χ1) is 18.9. The predicted molar refractivity (Wildman–Crippen MR) is 160 cm³/mol. The maximum Gasteiger partial charge on any atom is 0.138 e. The zero-order valence-electron chi connectivity index (χ0n) is 24.0. The van der Waals surface area contributed by atoms with Gasteiger partial charge in [-0.15, -0.1) is 0 Å². The number of allylic oxidation sites excluding steroid dienone is 1. The first kappa shape index (κ1) is 27.6. The molecular formula is C36H43NO2. The number of carbonyl (C=O) groups is 1. The number of nitrogens with zero attached hydrogens (tertiary/aromatic N) is 1. The zero-order valence-corrected chi connectivity index (χ0v) is 24.0. The van der Waals surface area contributed by atoms with Gasteiger partial charge in [0.1, 0.15) is 11.4 Å². The molecule has 3 heteroatoms. The predicted octanol–water partition coefficient (Wildman–Crippen LogP) is 8.06. The Morgan fingerprint density at radius 2 is 1.56 bits per heavy atom. The van der Waals surface area contributed by atoms with Gasteiger partial charge in [0.05, 0.1) is 12.6 Å². The van der Waals surface area contributed by atoms with Gasteiger partial charge < -0.3 is 4.74 Å². The molecule has 1 aliphatic carbocycles. The molecule has 0 spiro atoms. The van der Waals surface area contributed by atoms with Gasteiger partial charge >= 0.3 is 0 Å². The molecule has 3 aromatic rings. The number of ether oxygens (including phenoxy) is 1. The molecule has 5 rings (SSSR count). The Balaban J connectivity index is 1.62. The summed E-state index contributed by atoms with van der Waals surface area (Å²) in [5.41, 5.74) is 4.04. The molecule has 2 aliphatic rings. The molecule has 0 aromatic heterocycles. The van der Waals surface area contributed by atoms with E-state index in [9.17, 15) is 4.79 Å². The molecule has 4 atom stereocenters. The molecule has 3 aromatic carbocycles. The van der Waals surface area contributed by atoms with Crippen LogP contribution in [0.15, 0.2) is 97.1 Å². The molecule has 204 valence electrons. The minimum absolute atomic E-state index is 0.0203. The van der Waals surface area contributed by atoms with Crippen LogP contribution in [-0.4, -0.2) is 28.8 Å². The number of benzene rings is 3. The molecule has 0 amide bonds. The highest BCUT2D eigenvalue weighted by atomic mass is 16.5. The summed E-state index contributed by atoms with van der Waals surface area (Å²) < 4.78 is 7.09. The van der Waals surface area contributed by atoms with Crippen LogP contribution in [0.3, 0.4) is 0 Å². The summed E-state index contributed by atoms with van der Waals surface area (Å²) in [6.45, 7) is 10.3. The third kappa shape index (κ3) is 5.40. The second-order valence-corrected chi connectivity index (χ2v) is 12.1. The van der Waals surface area contributed by atoms with Crippen molar-refractivity contribution in [2.45, 2.75) is 77.2 Å². The molecule has 0 radical (unpaired) electrons. The molecule has 1 aliphatic heterocycles. The lowest BCUT2D eigenvalue weighted by molar-refractivity contribution is -0.219. The van der Waals surface area contributed by atoms with Crippen LogP contribution in [0.5, 0.6) is 0 Å². The van der Waals surface area contributed by atoms with Crippen LogP contribution in [0.1, 0.15) is 70.1 Å². The third-order valence-electron chi connectivity index (χ3n) is 9.07. The van der Waals surface area contributed by atoms with Crippen LogP contribution in [0, 0.1) is 11.8 Å². The minimum atomic E-state index is -0.532. The Morgan fingerprint density at radius 1 is 0.949 bits per heavy atom. The second kappa shape index (κ2) is 11.6. The second-order valence-electron chi connectivity index (χ2n) is 12.1. The maximum absolute atomic E-state index is 13.4. The summed E-state index contributed by atoms with van der Waals surface area (Å²) in [4.78, 5) is 16.0. The van der Waals surface area contributed by atoms with Gasteiger partial charge in [0, 0.05) is 24.4 Å². The summed E-state index contributed by atoms with van der Waals surface area (Å²) in [5, 5.41) is 0. The number of hydrogen-bond acceptors (Lipinski definition) is 3. The van der Waals surface area contributed by atoms with E-state index in [1.807, 2.05) is 6.07 Å². The average molecular weight is 522 g/mol. The highest BCUT2D eigenvalue weighted by molar-refractivity contribution is 5.83. The van der Waals surface area contributed by atoms with Gasteiger partial charge in [0.25, 0.3) is 0 Å². The fourth-order valence-corrected chi connectivity index (χ4v) is 6.87. The van der Waals surface area contributed by atoms with E-state index in [0.29, 0.717) is 24.7 Å². The quantitative estimate of drug-likeness (QED) is 0.285. The van der Waals surface area contributed by atoms with E-state index in [1.165, 1.54) is 22.3 Å². The van der Waals surface area contributed by atoms with Crippen molar-refractivity contribution >= 4 is 11.4 Å². The van der Waals surface area contributed by atoms with Crippen LogP contribution < -0.4 is 0 Å². The lowest BCUT2D eigenvalue weighted by Gasteiger charge is -2.64. The van der Waals surface area contributed by atoms with E-state index in [4.69, 9.17) is 4.74 Å². The van der Waals surface area contributed by atoms with Gasteiger partial charge in [-0.3, -0.25) is 9.69 Å². The molecule has 1 saturated heterocycles. The molecule has 0 bridgehead atoms. The van der Waals surface area contributed by atoms with Crippen LogP contribution in [-0.2, 0) is 21.7 Å². The SMILES string of the molecule is CC/C=C(\c1ccccc1)[C@@H]1N(C(C)(C)[C@@H]2CC[C@@H](C)CC2=O)C[C@]1(OCc1ccccc1)c1ccccc1. The van der Waals surface area contributed by atoms with Crippen molar-refractivity contribution in [3.8, 4) is 0 Å². The van der Waals surface area contributed by atoms with Crippen molar-refractivity contribution in [1.82, 2.24) is 4.90 Å². The van der Waals surface area contributed by atoms with Crippen LogP contribution in [0.25, 0.3) is 5.57 Å². The summed E-state index contributed by atoms with van der Waals surface area (Å²) >= 11 is 0. The monoisotopic (exact) mass is 521 g/mol. The van der Waals surface area contributed by atoms with Crippen molar-refractivity contribution in [2.75, 3.05) is 6.54 Å². The number of rotatable bonds is 9. The molecule has 2 fully saturated rings. The molecule has 3 nitrogen and oxygen atoms in total. The first-order valence-corrected chi connectivity index (χ1v) is 14.6. The molecule has 39 heavy (non-hydrogen) atoms. The summed E-state index contributed by atoms with van der Waals surface area (Å²) in [5.74, 6) is 0.924. The smallest absolute Gasteiger partial charge is 0.138 e. The first-order valence-electron chi connectivity index (χ1n) is 14.6. The van der Waals surface area contributed by atoms with Gasteiger partial charge in [-0.1, -0.05) is 111 Å². The number of Topliss-reactive ketones (excluding diaryl/α,β-unsaturated/α-hetero) is 1. The Bertz CT molecular complexity index is 1270. The third-order valence-corrected chi connectivity index (χ3v) is 9.07. The Hall–Kier alpha value is -3.01. The van der Waals surface area contributed by atoms with Gasteiger partial charge in [0.15, 0.2) is 0 Å². The fourth-order valence-electron chi connectivity index (χ4n) is 6.87. The maximum atomic E-state index is 13.4. The van der Waals surface area contributed by atoms with Crippen molar-refractivity contribution in [1.29, 1.82) is 0 Å². The number of ketones is 1. The van der Waals surface area contributed by atoms with Crippen molar-refractivity contribution in [2.24, 2.45) is 11.8 Å². The van der Waals surface area contributed by atoms with Crippen molar-refractivity contribution < 1.29 is 9.53 Å². The van der Waals surface area contributed by atoms with E-state index in [2.05, 4.69) is 124 Å². The van der Waals surface area contributed by atoms with E-state index in [0.717, 1.165) is 25.8 Å². The Morgan fingerprint density at radius 3 is 2.18 bits per heavy atom.